The van der Waals surface area contributed by atoms with Crippen LogP contribution >= 0.6 is 12.6 Å². The molecule has 0 atom stereocenters. The normalized spacial score (nSPS) is 10.6. The molecule has 0 N–H and O–H groups in total. The first kappa shape index (κ1) is 13.8. The van der Waals surface area contributed by atoms with Gasteiger partial charge in [0, 0.05) is 11.1 Å². The van der Waals surface area contributed by atoms with E-state index in [0.29, 0.717) is 5.16 Å². The number of hydrogen-bond acceptors (Lipinski definition) is 3. The average Bonchev–Trinajstić information content (AvgIpc) is 2.48. The van der Waals surface area contributed by atoms with Crippen molar-refractivity contribution in [3.05, 3.63) is 66.0 Å². The fourth-order valence-electron chi connectivity index (χ4n) is 2.08. The van der Waals surface area contributed by atoms with E-state index in [9.17, 15) is 4.39 Å². The van der Waals surface area contributed by atoms with Crippen LogP contribution in [0.5, 0.6) is 0 Å². The fourth-order valence-corrected chi connectivity index (χ4v) is 2.29. The molecule has 104 valence electrons. The van der Waals surface area contributed by atoms with E-state index < -0.39 is 0 Å². The van der Waals surface area contributed by atoms with Gasteiger partial charge in [-0.05, 0) is 37.3 Å². The maximum absolute atomic E-state index is 13.0. The first-order valence-corrected chi connectivity index (χ1v) is 6.97. The van der Waals surface area contributed by atoms with Gasteiger partial charge in [-0.15, -0.1) is 12.6 Å². The van der Waals surface area contributed by atoms with Gasteiger partial charge >= 0.3 is 0 Å². The SMILES string of the molecule is Cc1ccc(-c2cc(-c3ccc(F)cc3)nc(S)n2)cc1. The van der Waals surface area contributed by atoms with Crippen LogP contribution in [0, 0.1) is 12.7 Å². The molecule has 0 amide bonds. The molecule has 0 aliphatic rings. The van der Waals surface area contributed by atoms with E-state index in [1.807, 2.05) is 37.3 Å². The number of aryl methyl sites for hydroxylation is 1. The van der Waals surface area contributed by atoms with Crippen molar-refractivity contribution in [2.45, 2.75) is 12.1 Å². The van der Waals surface area contributed by atoms with Crippen molar-refractivity contribution in [3.63, 3.8) is 0 Å². The summed E-state index contributed by atoms with van der Waals surface area (Å²) in [5.74, 6) is -0.266. The molecular formula is C17H13FN2S. The smallest absolute Gasteiger partial charge is 0.185 e. The van der Waals surface area contributed by atoms with Gasteiger partial charge < -0.3 is 0 Å². The van der Waals surface area contributed by atoms with Crippen molar-refractivity contribution in [2.24, 2.45) is 0 Å². The van der Waals surface area contributed by atoms with E-state index in [-0.39, 0.29) is 5.82 Å². The zero-order valence-corrected chi connectivity index (χ0v) is 12.3. The summed E-state index contributed by atoms with van der Waals surface area (Å²) >= 11 is 4.27. The minimum Gasteiger partial charge on any atom is -0.223 e. The molecule has 3 aromatic rings. The summed E-state index contributed by atoms with van der Waals surface area (Å²) < 4.78 is 13.0. The Bertz CT molecular complexity index is 704. The zero-order valence-electron chi connectivity index (χ0n) is 11.4. The van der Waals surface area contributed by atoms with E-state index in [1.165, 1.54) is 17.7 Å². The lowest BCUT2D eigenvalue weighted by molar-refractivity contribution is 0.628. The summed E-state index contributed by atoms with van der Waals surface area (Å²) in [7, 11) is 0. The summed E-state index contributed by atoms with van der Waals surface area (Å²) in [5, 5.41) is 0.396. The van der Waals surface area contributed by atoms with Gasteiger partial charge in [-0.2, -0.15) is 0 Å². The van der Waals surface area contributed by atoms with Gasteiger partial charge in [0.05, 0.1) is 11.4 Å². The Morgan fingerprint density at radius 2 is 1.29 bits per heavy atom. The molecule has 0 spiro atoms. The Balaban J connectivity index is 2.07. The van der Waals surface area contributed by atoms with Gasteiger partial charge in [0.2, 0.25) is 0 Å². The Morgan fingerprint density at radius 3 is 1.81 bits per heavy atom. The second-order valence-electron chi connectivity index (χ2n) is 4.81. The van der Waals surface area contributed by atoms with E-state index in [2.05, 4.69) is 22.6 Å². The molecule has 4 heteroatoms. The number of hydrogen-bond donors (Lipinski definition) is 1. The molecule has 21 heavy (non-hydrogen) atoms. The van der Waals surface area contributed by atoms with Gasteiger partial charge in [0.25, 0.3) is 0 Å². The number of rotatable bonds is 2. The molecule has 0 aliphatic carbocycles. The van der Waals surface area contributed by atoms with Gasteiger partial charge in [-0.3, -0.25) is 0 Å². The Kier molecular flexibility index (Phi) is 3.71. The maximum atomic E-state index is 13.0. The highest BCUT2D eigenvalue weighted by Crippen LogP contribution is 2.25. The fraction of sp³-hybridized carbons (Fsp3) is 0.0588. The Morgan fingerprint density at radius 1 is 0.810 bits per heavy atom. The molecule has 3 rings (SSSR count). The highest BCUT2D eigenvalue weighted by Gasteiger charge is 2.07. The molecule has 1 aromatic heterocycles. The van der Waals surface area contributed by atoms with Crippen LogP contribution in [-0.4, -0.2) is 9.97 Å². The minimum atomic E-state index is -0.266. The standard InChI is InChI=1S/C17H13FN2S/c1-11-2-4-12(5-3-11)15-10-16(20-17(21)19-15)13-6-8-14(18)9-7-13/h2-10H,1H3,(H,19,20,21). The van der Waals surface area contributed by atoms with Crippen molar-refractivity contribution in [2.75, 3.05) is 0 Å². The summed E-state index contributed by atoms with van der Waals surface area (Å²) in [5.41, 5.74) is 4.56. The zero-order chi connectivity index (χ0) is 14.8. The molecule has 0 fully saturated rings. The monoisotopic (exact) mass is 296 g/mol. The molecule has 0 aliphatic heterocycles. The molecule has 0 saturated carbocycles. The van der Waals surface area contributed by atoms with Crippen LogP contribution in [0.3, 0.4) is 0 Å². The van der Waals surface area contributed by atoms with Crippen molar-refractivity contribution in [3.8, 4) is 22.5 Å². The van der Waals surface area contributed by atoms with Crippen molar-refractivity contribution >= 4 is 12.6 Å². The van der Waals surface area contributed by atoms with E-state index >= 15 is 0 Å². The molecule has 0 saturated heterocycles. The summed E-state index contributed by atoms with van der Waals surface area (Å²) in [4.78, 5) is 8.66. The Labute approximate surface area is 128 Å². The highest BCUT2D eigenvalue weighted by molar-refractivity contribution is 7.80. The third-order valence-corrected chi connectivity index (χ3v) is 3.40. The van der Waals surface area contributed by atoms with E-state index in [1.54, 1.807) is 12.1 Å². The lowest BCUT2D eigenvalue weighted by Gasteiger charge is -2.06. The van der Waals surface area contributed by atoms with E-state index in [0.717, 1.165) is 22.5 Å². The van der Waals surface area contributed by atoms with Gasteiger partial charge in [0.1, 0.15) is 5.82 Å². The predicted molar refractivity (Wildman–Crippen MR) is 84.9 cm³/mol. The van der Waals surface area contributed by atoms with Gasteiger partial charge in [0.15, 0.2) is 5.16 Å². The van der Waals surface area contributed by atoms with Gasteiger partial charge in [-0.25, -0.2) is 14.4 Å². The van der Waals surface area contributed by atoms with Crippen LogP contribution < -0.4 is 0 Å². The second kappa shape index (κ2) is 5.66. The van der Waals surface area contributed by atoms with Crippen LogP contribution in [0.15, 0.2) is 59.8 Å². The van der Waals surface area contributed by atoms with E-state index in [4.69, 9.17) is 0 Å². The topological polar surface area (TPSA) is 25.8 Å². The minimum absolute atomic E-state index is 0.266. The number of nitrogens with zero attached hydrogens (tertiary/aromatic N) is 2. The quantitative estimate of drug-likeness (QED) is 0.554. The third-order valence-electron chi connectivity index (χ3n) is 3.20. The molecule has 2 aromatic carbocycles. The van der Waals surface area contributed by atoms with Crippen LogP contribution in [-0.2, 0) is 0 Å². The molecule has 0 bridgehead atoms. The number of benzene rings is 2. The van der Waals surface area contributed by atoms with Crippen LogP contribution in [0.1, 0.15) is 5.56 Å². The lowest BCUT2D eigenvalue weighted by atomic mass is 10.1. The van der Waals surface area contributed by atoms with Crippen LogP contribution in [0.4, 0.5) is 4.39 Å². The van der Waals surface area contributed by atoms with Crippen molar-refractivity contribution in [1.82, 2.24) is 9.97 Å². The summed E-state index contributed by atoms with van der Waals surface area (Å²) in [6.45, 7) is 2.04. The van der Waals surface area contributed by atoms with Gasteiger partial charge in [-0.1, -0.05) is 29.8 Å². The second-order valence-corrected chi connectivity index (χ2v) is 5.21. The third kappa shape index (κ3) is 3.11. The molecular weight excluding hydrogens is 283 g/mol. The molecule has 2 nitrogen and oxygen atoms in total. The largest absolute Gasteiger partial charge is 0.223 e. The first-order chi connectivity index (χ1) is 10.1. The average molecular weight is 296 g/mol. The number of aromatic nitrogens is 2. The Hall–Kier alpha value is -2.20. The van der Waals surface area contributed by atoms with Crippen molar-refractivity contribution in [1.29, 1.82) is 0 Å². The number of thiol groups is 1. The predicted octanol–water partition coefficient (Wildman–Crippen LogP) is 4.55. The maximum Gasteiger partial charge on any atom is 0.185 e. The summed E-state index contributed by atoms with van der Waals surface area (Å²) in [6, 6.07) is 16.2. The van der Waals surface area contributed by atoms with Crippen molar-refractivity contribution < 1.29 is 4.39 Å². The molecule has 0 unspecified atom stereocenters. The highest BCUT2D eigenvalue weighted by atomic mass is 32.1. The van der Waals surface area contributed by atoms with Crippen LogP contribution in [0.2, 0.25) is 0 Å². The van der Waals surface area contributed by atoms with Crippen LogP contribution in [0.25, 0.3) is 22.5 Å². The number of halogens is 1. The first-order valence-electron chi connectivity index (χ1n) is 6.53. The lowest BCUT2D eigenvalue weighted by Crippen LogP contribution is -1.92. The molecule has 1 heterocycles. The summed E-state index contributed by atoms with van der Waals surface area (Å²) in [6.07, 6.45) is 0. The molecule has 0 radical (unpaired) electrons.